The van der Waals surface area contributed by atoms with E-state index < -0.39 is 24.2 Å². The molecule has 32 heavy (non-hydrogen) atoms. The van der Waals surface area contributed by atoms with Gasteiger partial charge in [-0.15, -0.1) is 0 Å². The van der Waals surface area contributed by atoms with Gasteiger partial charge in [-0.1, -0.05) is 38.5 Å². The molecule has 0 radical (unpaired) electrons. The zero-order chi connectivity index (χ0) is 23.9. The van der Waals surface area contributed by atoms with Crippen LogP contribution in [0, 0.1) is 6.92 Å². The second kappa shape index (κ2) is 9.09. The van der Waals surface area contributed by atoms with Gasteiger partial charge in [-0.25, -0.2) is 0 Å². The summed E-state index contributed by atoms with van der Waals surface area (Å²) in [4.78, 5) is 0.149. The van der Waals surface area contributed by atoms with E-state index in [0.717, 1.165) is 5.56 Å². The van der Waals surface area contributed by atoms with Crippen molar-refractivity contribution in [1.29, 1.82) is 0 Å². The van der Waals surface area contributed by atoms with Crippen molar-refractivity contribution >= 4 is 18.4 Å². The average molecular weight is 487 g/mol. The van der Waals surface area contributed by atoms with E-state index in [2.05, 4.69) is 33.9 Å². The Kier molecular flexibility index (Phi) is 7.33. The van der Waals surface area contributed by atoms with Crippen molar-refractivity contribution in [3.63, 3.8) is 0 Å². The molecule has 7 nitrogen and oxygen atoms in total. The Morgan fingerprint density at radius 1 is 1.03 bits per heavy atom. The first-order valence-electron chi connectivity index (χ1n) is 11.2. The maximum absolute atomic E-state index is 12.5. The third-order valence-electron chi connectivity index (χ3n) is 6.61. The minimum Gasteiger partial charge on any atom is -0.414 e. The Bertz CT molecular complexity index is 890. The Morgan fingerprint density at radius 2 is 1.59 bits per heavy atom. The van der Waals surface area contributed by atoms with E-state index in [1.165, 1.54) is 0 Å². The highest BCUT2D eigenvalue weighted by molar-refractivity contribution is 7.86. The second-order valence-electron chi connectivity index (χ2n) is 10.7. The summed E-state index contributed by atoms with van der Waals surface area (Å²) < 4.78 is 55.1. The first-order chi connectivity index (χ1) is 14.6. The lowest BCUT2D eigenvalue weighted by Crippen LogP contribution is -2.44. The molecule has 0 aliphatic carbocycles. The van der Waals surface area contributed by atoms with Gasteiger partial charge in [-0.2, -0.15) is 8.42 Å². The zero-order valence-electron chi connectivity index (χ0n) is 20.5. The number of hydrogen-bond acceptors (Lipinski definition) is 7. The summed E-state index contributed by atoms with van der Waals surface area (Å²) in [6, 6.07) is 6.61. The lowest BCUT2D eigenvalue weighted by molar-refractivity contribution is -0.190. The first-order valence-corrected chi connectivity index (χ1v) is 15.5. The summed E-state index contributed by atoms with van der Waals surface area (Å²) in [6.45, 7) is 17.1. The Labute approximate surface area is 194 Å². The number of hydrogen-bond donors (Lipinski definition) is 0. The van der Waals surface area contributed by atoms with Gasteiger partial charge in [0, 0.05) is 6.42 Å². The molecule has 2 fully saturated rings. The predicted molar refractivity (Wildman–Crippen MR) is 125 cm³/mol. The van der Waals surface area contributed by atoms with Gasteiger partial charge in [-0.3, -0.25) is 4.18 Å². The minimum atomic E-state index is -3.82. The van der Waals surface area contributed by atoms with Crippen LogP contribution in [-0.2, 0) is 32.9 Å². The summed E-state index contributed by atoms with van der Waals surface area (Å²) >= 11 is 0. The van der Waals surface area contributed by atoms with Crippen molar-refractivity contribution in [2.75, 3.05) is 13.2 Å². The van der Waals surface area contributed by atoms with Gasteiger partial charge in [0.1, 0.15) is 18.3 Å². The van der Waals surface area contributed by atoms with Crippen LogP contribution in [0.2, 0.25) is 18.1 Å². The van der Waals surface area contributed by atoms with Crippen molar-refractivity contribution in [3.05, 3.63) is 29.8 Å². The van der Waals surface area contributed by atoms with E-state index in [4.69, 9.17) is 22.8 Å². The normalized spacial score (nSPS) is 28.1. The quantitative estimate of drug-likeness (QED) is 0.398. The van der Waals surface area contributed by atoms with Crippen molar-refractivity contribution in [2.45, 2.75) is 101 Å². The monoisotopic (exact) mass is 486 g/mol. The molecule has 0 spiro atoms. The summed E-state index contributed by atoms with van der Waals surface area (Å²) in [5.41, 5.74) is 0.987. The fourth-order valence-corrected chi connectivity index (χ4v) is 5.63. The molecule has 0 saturated carbocycles. The maximum Gasteiger partial charge on any atom is 0.296 e. The molecule has 0 bridgehead atoms. The van der Waals surface area contributed by atoms with Gasteiger partial charge >= 0.3 is 0 Å². The standard InChI is InChI=1S/C23H38O7SSi/c1-16-9-11-17(12-10-16)31(24,25)26-14-13-18-20-21(30-23(5,6)29-20)19(28-18)15-27-32(7,8)22(2,3)4/h9-12,18-21H,13-15H2,1-8H3/t18-,19+,20-,21+/m0/s1. The van der Waals surface area contributed by atoms with Crippen LogP contribution in [0.25, 0.3) is 0 Å². The number of fused-ring (bicyclic) bond motifs is 1. The fraction of sp³-hybridized carbons (Fsp3) is 0.739. The fourth-order valence-electron chi connectivity index (χ4n) is 3.69. The van der Waals surface area contributed by atoms with Gasteiger partial charge in [0.2, 0.25) is 0 Å². The van der Waals surface area contributed by atoms with Gasteiger partial charge in [0.15, 0.2) is 14.1 Å². The molecule has 4 atom stereocenters. The summed E-state index contributed by atoms with van der Waals surface area (Å²) in [7, 11) is -5.77. The van der Waals surface area contributed by atoms with Crippen LogP contribution in [0.4, 0.5) is 0 Å². The van der Waals surface area contributed by atoms with E-state index >= 15 is 0 Å². The van der Waals surface area contributed by atoms with Crippen molar-refractivity contribution in [3.8, 4) is 0 Å². The summed E-state index contributed by atoms with van der Waals surface area (Å²) in [5, 5.41) is 0.0922. The molecule has 2 aliphatic rings. The van der Waals surface area contributed by atoms with Crippen LogP contribution in [0.3, 0.4) is 0 Å². The van der Waals surface area contributed by atoms with E-state index in [9.17, 15) is 8.42 Å². The van der Waals surface area contributed by atoms with Crippen LogP contribution < -0.4 is 0 Å². The molecule has 2 aliphatic heterocycles. The van der Waals surface area contributed by atoms with Gasteiger partial charge < -0.3 is 18.6 Å². The third-order valence-corrected chi connectivity index (χ3v) is 12.4. The molecule has 0 N–H and O–H groups in total. The molecule has 2 heterocycles. The lowest BCUT2D eigenvalue weighted by atomic mass is 10.1. The van der Waals surface area contributed by atoms with Crippen LogP contribution in [-0.4, -0.2) is 60.2 Å². The molecular weight excluding hydrogens is 448 g/mol. The molecule has 0 unspecified atom stereocenters. The Hall–Kier alpha value is -0.813. The van der Waals surface area contributed by atoms with Crippen molar-refractivity contribution < 1.29 is 31.2 Å². The van der Waals surface area contributed by atoms with E-state index in [0.29, 0.717) is 13.0 Å². The molecule has 1 aromatic carbocycles. The minimum absolute atomic E-state index is 0.00367. The number of benzene rings is 1. The van der Waals surface area contributed by atoms with Crippen LogP contribution >= 0.6 is 0 Å². The average Bonchev–Trinajstić information content (AvgIpc) is 3.13. The molecular formula is C23H38O7SSi. The Balaban J connectivity index is 1.62. The number of aryl methyl sites for hydroxylation is 1. The highest BCUT2D eigenvalue weighted by atomic mass is 32.2. The van der Waals surface area contributed by atoms with Crippen molar-refractivity contribution in [2.24, 2.45) is 0 Å². The SMILES string of the molecule is Cc1ccc(S(=O)(=O)OCC[C@@H]2O[C@H](CO[Si](C)(C)C(C)(C)C)[C@H]3OC(C)(C)O[C@H]32)cc1. The van der Waals surface area contributed by atoms with E-state index in [1.54, 1.807) is 24.3 Å². The molecule has 9 heteroatoms. The molecule has 182 valence electrons. The molecule has 3 rings (SSSR count). The van der Waals surface area contributed by atoms with E-state index in [-0.39, 0.29) is 41.0 Å². The largest absolute Gasteiger partial charge is 0.414 e. The van der Waals surface area contributed by atoms with E-state index in [1.807, 2.05) is 20.8 Å². The molecule has 0 amide bonds. The molecule has 0 aromatic heterocycles. The Morgan fingerprint density at radius 3 is 2.16 bits per heavy atom. The summed E-state index contributed by atoms with van der Waals surface area (Å²) in [6.07, 6.45) is -0.766. The van der Waals surface area contributed by atoms with Gasteiger partial charge in [-0.05, 0) is 51.0 Å². The number of rotatable bonds is 8. The number of ether oxygens (including phenoxy) is 3. The van der Waals surface area contributed by atoms with Gasteiger partial charge in [0.05, 0.1) is 24.2 Å². The zero-order valence-corrected chi connectivity index (χ0v) is 22.3. The molecule has 2 saturated heterocycles. The summed E-state index contributed by atoms with van der Waals surface area (Å²) in [5.74, 6) is -0.721. The van der Waals surface area contributed by atoms with Gasteiger partial charge in [0.25, 0.3) is 10.1 Å². The van der Waals surface area contributed by atoms with Crippen LogP contribution in [0.1, 0.15) is 46.6 Å². The highest BCUT2D eigenvalue weighted by Crippen LogP contribution is 2.41. The van der Waals surface area contributed by atoms with Crippen LogP contribution in [0.15, 0.2) is 29.2 Å². The van der Waals surface area contributed by atoms with Crippen LogP contribution in [0.5, 0.6) is 0 Å². The lowest BCUT2D eigenvalue weighted by Gasteiger charge is -2.37. The topological polar surface area (TPSA) is 80.3 Å². The van der Waals surface area contributed by atoms with Crippen molar-refractivity contribution in [1.82, 2.24) is 0 Å². The highest BCUT2D eigenvalue weighted by Gasteiger charge is 2.55. The first kappa shape index (κ1) is 25.8. The third kappa shape index (κ3) is 5.81. The molecule has 1 aromatic rings. The smallest absolute Gasteiger partial charge is 0.296 e. The maximum atomic E-state index is 12.5. The second-order valence-corrected chi connectivity index (χ2v) is 17.2. The predicted octanol–water partition coefficient (Wildman–Crippen LogP) is 4.40.